The molecule has 0 bridgehead atoms. The Morgan fingerprint density at radius 3 is 0.980 bits per heavy atom. The number of rotatable bonds is 29. The Morgan fingerprint density at radius 2 is 0.714 bits per heavy atom. The van der Waals surface area contributed by atoms with Gasteiger partial charge in [0.05, 0.1) is 13.2 Å². The molecule has 0 aromatic rings. The highest BCUT2D eigenvalue weighted by atomic mass is 28.5. The van der Waals surface area contributed by atoms with Crippen LogP contribution in [0.4, 0.5) is 0 Å². The molecule has 0 aliphatic heterocycles. The second-order valence-electron chi connectivity index (χ2n) is 16.6. The lowest BCUT2D eigenvalue weighted by Gasteiger charge is -2.42. The van der Waals surface area contributed by atoms with Gasteiger partial charge in [-0.15, -0.1) is 0 Å². The Hall–Kier alpha value is -0.832. The Morgan fingerprint density at radius 1 is 0.449 bits per heavy atom. The molecule has 0 N–H and O–H groups in total. The summed E-state index contributed by atoms with van der Waals surface area (Å²) in [5.41, 5.74) is 0.907. The largest absolute Gasteiger partial charge is 0.469 e. The van der Waals surface area contributed by atoms with Crippen LogP contribution in [0.15, 0.2) is 24.3 Å². The maximum Gasteiger partial charge on any atom is 0.469 e. The van der Waals surface area contributed by atoms with E-state index in [2.05, 4.69) is 79.0 Å². The monoisotopic (exact) mass is 760 g/mol. The van der Waals surface area contributed by atoms with Crippen LogP contribution in [-0.4, -0.2) is 58.9 Å². The van der Waals surface area contributed by atoms with Gasteiger partial charge >= 0.3 is 20.7 Å². The van der Waals surface area contributed by atoms with E-state index in [-0.39, 0.29) is 11.9 Å². The SMILES string of the molecule is C=C(C)C(=O)OCCCCCCCCCCCCCCCCCC.C=C(C)C(=O)OCCC[Si](O[Si](C)(C)C)(O[Si](C)(C)C)O[Si](C)(C)C. The van der Waals surface area contributed by atoms with Crippen LogP contribution in [0.1, 0.15) is 130 Å². The van der Waals surface area contributed by atoms with Crippen molar-refractivity contribution < 1.29 is 31.4 Å². The van der Waals surface area contributed by atoms with Gasteiger partial charge < -0.3 is 21.8 Å². The molecule has 7 nitrogen and oxygen atoms in total. The van der Waals surface area contributed by atoms with Crippen LogP contribution in [0.25, 0.3) is 0 Å². The van der Waals surface area contributed by atoms with Gasteiger partial charge in [0, 0.05) is 17.2 Å². The maximum atomic E-state index is 11.6. The fourth-order valence-electron chi connectivity index (χ4n) is 5.13. The Kier molecular flexibility index (Phi) is 28.5. The smallest absolute Gasteiger partial charge is 0.462 e. The lowest BCUT2D eigenvalue weighted by molar-refractivity contribution is -0.139. The number of carbonyl (C=O) groups excluding carboxylic acids is 2. The first kappa shape index (κ1) is 50.3. The third kappa shape index (κ3) is 35.4. The van der Waals surface area contributed by atoms with Crippen molar-refractivity contribution in [3.05, 3.63) is 24.3 Å². The number of carbonyl (C=O) groups is 2. The second-order valence-corrected chi connectivity index (χ2v) is 33.6. The predicted octanol–water partition coefficient (Wildman–Crippen LogP) is 12.4. The van der Waals surface area contributed by atoms with Crippen LogP contribution in [0.2, 0.25) is 65.0 Å². The van der Waals surface area contributed by atoms with Gasteiger partial charge in [-0.1, -0.05) is 116 Å². The Balaban J connectivity index is 0. The summed E-state index contributed by atoms with van der Waals surface area (Å²) in [6, 6.07) is 0.676. The fraction of sp³-hybridized carbons (Fsp3) is 0.842. The highest BCUT2D eigenvalue weighted by Gasteiger charge is 2.49. The average molecular weight is 761 g/mol. The molecule has 0 fully saturated rings. The molecule has 0 heterocycles. The summed E-state index contributed by atoms with van der Waals surface area (Å²) in [6.07, 6.45) is 22.4. The van der Waals surface area contributed by atoms with Gasteiger partial charge in [0.1, 0.15) is 0 Å². The van der Waals surface area contributed by atoms with E-state index >= 15 is 0 Å². The summed E-state index contributed by atoms with van der Waals surface area (Å²) < 4.78 is 30.1. The summed E-state index contributed by atoms with van der Waals surface area (Å²) >= 11 is 0. The summed E-state index contributed by atoms with van der Waals surface area (Å²) in [5, 5.41) is 0. The lowest BCUT2D eigenvalue weighted by Crippen LogP contribution is -2.60. The van der Waals surface area contributed by atoms with Gasteiger partial charge in [0.15, 0.2) is 25.0 Å². The molecule has 290 valence electrons. The van der Waals surface area contributed by atoms with Crippen molar-refractivity contribution in [1.82, 2.24) is 0 Å². The first-order valence-electron chi connectivity index (χ1n) is 19.4. The molecule has 0 radical (unpaired) electrons. The van der Waals surface area contributed by atoms with Gasteiger partial charge in [-0.25, -0.2) is 9.59 Å². The van der Waals surface area contributed by atoms with Gasteiger partial charge in [-0.3, -0.25) is 0 Å². The quantitative estimate of drug-likeness (QED) is 0.0325. The van der Waals surface area contributed by atoms with Crippen LogP contribution in [0.5, 0.6) is 0 Å². The van der Waals surface area contributed by atoms with Crippen molar-refractivity contribution in [2.45, 2.75) is 195 Å². The first-order valence-corrected chi connectivity index (χ1v) is 31.5. The standard InChI is InChI=1S/C22H42O2.C16H38O5Si4/c1-4-5-6-7-8-9-10-11-12-13-14-15-16-17-18-19-20-24-22(23)21(2)3;1-15(2)16(17)18-13-12-14-25(19-22(3,4)5,20-23(6,7)8)21-24(9,10)11/h2,4-20H2,1,3H3;1,12-14H2,2-11H3. The van der Waals surface area contributed by atoms with E-state index < -0.39 is 33.8 Å². The molecule has 11 heteroatoms. The molecule has 0 aliphatic carbocycles. The van der Waals surface area contributed by atoms with E-state index in [1.165, 1.54) is 96.3 Å². The van der Waals surface area contributed by atoms with Crippen molar-refractivity contribution in [3.8, 4) is 0 Å². The van der Waals surface area contributed by atoms with Gasteiger partial charge in [-0.05, 0) is 85.6 Å². The minimum absolute atomic E-state index is 0.254. The molecule has 0 saturated heterocycles. The van der Waals surface area contributed by atoms with E-state index in [0.29, 0.717) is 36.8 Å². The molecule has 0 unspecified atom stereocenters. The first-order chi connectivity index (χ1) is 22.6. The van der Waals surface area contributed by atoms with Gasteiger partial charge in [0.25, 0.3) is 0 Å². The van der Waals surface area contributed by atoms with Gasteiger partial charge in [-0.2, -0.15) is 0 Å². The highest BCUT2D eigenvalue weighted by Crippen LogP contribution is 2.30. The molecule has 0 aromatic heterocycles. The molecule has 0 spiro atoms. The summed E-state index contributed by atoms with van der Waals surface area (Å²) in [6.45, 7) is 33.2. The predicted molar refractivity (Wildman–Crippen MR) is 220 cm³/mol. The fourth-order valence-corrected chi connectivity index (χ4v) is 19.8. The minimum atomic E-state index is -2.83. The maximum absolute atomic E-state index is 11.6. The summed E-state index contributed by atoms with van der Waals surface area (Å²) in [5.74, 6) is -0.605. The number of esters is 2. The average Bonchev–Trinajstić information content (AvgIpc) is 2.94. The van der Waals surface area contributed by atoms with E-state index in [1.54, 1.807) is 13.8 Å². The molecular weight excluding hydrogens is 681 g/mol. The van der Waals surface area contributed by atoms with E-state index in [4.69, 9.17) is 21.8 Å². The number of unbranched alkanes of at least 4 members (excludes halogenated alkanes) is 15. The third-order valence-corrected chi connectivity index (χ3v) is 19.2. The highest BCUT2D eigenvalue weighted by molar-refractivity contribution is 6.90. The summed E-state index contributed by atoms with van der Waals surface area (Å²) in [7, 11) is -8.40. The normalized spacial score (nSPS) is 12.2. The van der Waals surface area contributed by atoms with E-state index in [1.807, 2.05) is 0 Å². The molecule has 0 amide bonds. The molecule has 0 aromatic carbocycles. The minimum Gasteiger partial charge on any atom is -0.462 e. The Bertz CT molecular complexity index is 864. The van der Waals surface area contributed by atoms with Crippen molar-refractivity contribution in [2.75, 3.05) is 13.2 Å². The number of ether oxygens (including phenoxy) is 2. The molecule has 0 saturated carbocycles. The molecule has 0 rings (SSSR count). The van der Waals surface area contributed by atoms with Crippen LogP contribution < -0.4 is 0 Å². The zero-order chi connectivity index (χ0) is 38.0. The van der Waals surface area contributed by atoms with Crippen molar-refractivity contribution >= 4 is 45.7 Å². The van der Waals surface area contributed by atoms with E-state index in [9.17, 15) is 9.59 Å². The number of hydrogen-bond acceptors (Lipinski definition) is 7. The lowest BCUT2D eigenvalue weighted by atomic mass is 10.0. The molecule has 0 atom stereocenters. The zero-order valence-electron chi connectivity index (χ0n) is 34.4. The van der Waals surface area contributed by atoms with Crippen LogP contribution >= 0.6 is 0 Å². The molecular formula is C38H80O7Si4. The van der Waals surface area contributed by atoms with Crippen molar-refractivity contribution in [1.29, 1.82) is 0 Å². The number of hydrogen-bond donors (Lipinski definition) is 0. The Labute approximate surface area is 308 Å². The zero-order valence-corrected chi connectivity index (χ0v) is 38.4. The van der Waals surface area contributed by atoms with Gasteiger partial charge in [0.2, 0.25) is 0 Å². The third-order valence-electron chi connectivity index (χ3n) is 7.17. The second kappa shape index (κ2) is 27.8. The molecule has 49 heavy (non-hydrogen) atoms. The molecule has 0 aliphatic rings. The van der Waals surface area contributed by atoms with Crippen LogP contribution in [-0.2, 0) is 31.4 Å². The van der Waals surface area contributed by atoms with Crippen LogP contribution in [0, 0.1) is 0 Å². The van der Waals surface area contributed by atoms with Crippen molar-refractivity contribution in [2.24, 2.45) is 0 Å². The van der Waals surface area contributed by atoms with Crippen LogP contribution in [0.3, 0.4) is 0 Å². The topological polar surface area (TPSA) is 80.3 Å². The van der Waals surface area contributed by atoms with Crippen molar-refractivity contribution in [3.63, 3.8) is 0 Å². The van der Waals surface area contributed by atoms with E-state index in [0.717, 1.165) is 6.42 Å². The summed E-state index contributed by atoms with van der Waals surface area (Å²) in [4.78, 5) is 22.8.